The number of furan rings is 1. The van der Waals surface area contributed by atoms with Crippen molar-refractivity contribution in [2.45, 2.75) is 20.0 Å². The van der Waals surface area contributed by atoms with Crippen molar-refractivity contribution >= 4 is 28.1 Å². The van der Waals surface area contributed by atoms with E-state index in [9.17, 15) is 4.79 Å². The third kappa shape index (κ3) is 5.32. The van der Waals surface area contributed by atoms with Crippen LogP contribution in [0, 0.1) is 6.92 Å². The Kier molecular flexibility index (Phi) is 7.39. The van der Waals surface area contributed by atoms with Gasteiger partial charge in [-0.25, -0.2) is 4.98 Å². The molecule has 0 aliphatic rings. The predicted molar refractivity (Wildman–Crippen MR) is 167 cm³/mol. The molecule has 0 bridgehead atoms. The summed E-state index contributed by atoms with van der Waals surface area (Å²) in [6.07, 6.45) is 3.99. The van der Waals surface area contributed by atoms with Gasteiger partial charge in [0.1, 0.15) is 12.2 Å². The largest absolute Gasteiger partial charge is 0.493 e. The van der Waals surface area contributed by atoms with Crippen LogP contribution in [-0.2, 0) is 13.0 Å². The number of nitrogens with zero attached hydrogens (tertiary/aromatic N) is 3. The molecule has 0 spiro atoms. The molecule has 0 atom stereocenters. The average Bonchev–Trinajstić information content (AvgIpc) is 3.44. The number of rotatable bonds is 9. The Morgan fingerprint density at radius 3 is 2.64 bits per heavy atom. The molecule has 7 heteroatoms. The summed E-state index contributed by atoms with van der Waals surface area (Å²) in [6.45, 7) is 6.37. The van der Waals surface area contributed by atoms with Crippen molar-refractivity contribution in [2.75, 3.05) is 7.11 Å². The van der Waals surface area contributed by atoms with E-state index >= 15 is 0 Å². The highest BCUT2D eigenvalue weighted by molar-refractivity contribution is 5.85. The van der Waals surface area contributed by atoms with Crippen LogP contribution < -0.4 is 15.0 Å². The molecule has 0 amide bonds. The summed E-state index contributed by atoms with van der Waals surface area (Å²) in [5.74, 6) is 1.96. The topological polar surface area (TPSA) is 78.9 Å². The lowest BCUT2D eigenvalue weighted by Crippen LogP contribution is -2.20. The van der Waals surface area contributed by atoms with Crippen LogP contribution in [0.15, 0.2) is 118 Å². The van der Waals surface area contributed by atoms with Gasteiger partial charge < -0.3 is 13.9 Å². The second-order valence-electron chi connectivity index (χ2n) is 9.94. The number of aromatic nitrogens is 2. The van der Waals surface area contributed by atoms with Crippen LogP contribution in [0.2, 0.25) is 0 Å². The number of aryl methyl sites for hydroxylation is 1. The number of hydrogen-bond acceptors (Lipinski definition) is 6. The highest BCUT2D eigenvalue weighted by Crippen LogP contribution is 2.34. The van der Waals surface area contributed by atoms with Crippen LogP contribution in [0.5, 0.6) is 11.5 Å². The first-order valence-electron chi connectivity index (χ1n) is 13.6. The van der Waals surface area contributed by atoms with Gasteiger partial charge in [0.25, 0.3) is 5.56 Å². The zero-order valence-corrected chi connectivity index (χ0v) is 23.4. The van der Waals surface area contributed by atoms with E-state index in [1.165, 1.54) is 10.2 Å². The summed E-state index contributed by atoms with van der Waals surface area (Å²) in [5, 5.41) is 5.98. The number of benzene rings is 4. The standard InChI is InChI=1S/C35H29N3O4/c1-4-10-27-18-25(19-31(40-3)33(27)41-22-24-12-9-11-23(2)17-24)21-36-38-34(32-20-26-13-5-8-16-30(26)42-32)37-29-15-7-6-14-28(29)35(38)39/h4-9,11-21H,1,10,22H2,2-3H3. The second kappa shape index (κ2) is 11.6. The molecule has 2 heterocycles. The second-order valence-corrected chi connectivity index (χ2v) is 9.94. The van der Waals surface area contributed by atoms with Crippen LogP contribution in [0.3, 0.4) is 0 Å². The van der Waals surface area contributed by atoms with Crippen molar-refractivity contribution in [3.8, 4) is 23.1 Å². The highest BCUT2D eigenvalue weighted by atomic mass is 16.5. The monoisotopic (exact) mass is 555 g/mol. The van der Waals surface area contributed by atoms with Gasteiger partial charge in [-0.2, -0.15) is 9.78 Å². The number of fused-ring (bicyclic) bond motifs is 2. The molecule has 42 heavy (non-hydrogen) atoms. The lowest BCUT2D eigenvalue weighted by Gasteiger charge is -2.16. The summed E-state index contributed by atoms with van der Waals surface area (Å²) < 4.78 is 19.3. The first-order chi connectivity index (χ1) is 20.5. The van der Waals surface area contributed by atoms with Gasteiger partial charge in [-0.3, -0.25) is 4.79 Å². The number of ether oxygens (including phenoxy) is 2. The molecule has 7 nitrogen and oxygen atoms in total. The maximum absolute atomic E-state index is 13.7. The third-order valence-electron chi connectivity index (χ3n) is 6.93. The fraction of sp³-hybridized carbons (Fsp3) is 0.114. The summed E-state index contributed by atoms with van der Waals surface area (Å²) in [4.78, 5) is 18.4. The van der Waals surface area contributed by atoms with Crippen molar-refractivity contribution in [2.24, 2.45) is 5.10 Å². The molecule has 0 fully saturated rings. The molecule has 6 rings (SSSR count). The maximum Gasteiger partial charge on any atom is 0.282 e. The first kappa shape index (κ1) is 26.8. The molecule has 0 radical (unpaired) electrons. The lowest BCUT2D eigenvalue weighted by molar-refractivity contribution is 0.282. The molecular formula is C35H29N3O4. The summed E-state index contributed by atoms with van der Waals surface area (Å²) >= 11 is 0. The average molecular weight is 556 g/mol. The minimum absolute atomic E-state index is 0.302. The van der Waals surface area contributed by atoms with E-state index in [0.29, 0.717) is 52.6 Å². The summed E-state index contributed by atoms with van der Waals surface area (Å²) in [5.41, 5.74) is 4.81. The normalized spacial score (nSPS) is 11.4. The summed E-state index contributed by atoms with van der Waals surface area (Å²) in [6, 6.07) is 28.7. The van der Waals surface area contributed by atoms with E-state index in [-0.39, 0.29) is 5.56 Å². The van der Waals surface area contributed by atoms with Crippen molar-refractivity contribution in [3.05, 3.63) is 136 Å². The molecule has 0 N–H and O–H groups in total. The molecule has 208 valence electrons. The van der Waals surface area contributed by atoms with Gasteiger partial charge in [0.15, 0.2) is 17.3 Å². The van der Waals surface area contributed by atoms with E-state index < -0.39 is 0 Å². The number of para-hydroxylation sites is 2. The zero-order chi connectivity index (χ0) is 29.1. The molecule has 0 aliphatic heterocycles. The minimum Gasteiger partial charge on any atom is -0.493 e. The van der Waals surface area contributed by atoms with Crippen molar-refractivity contribution < 1.29 is 13.9 Å². The number of allylic oxidation sites excluding steroid dienone is 1. The lowest BCUT2D eigenvalue weighted by atomic mass is 10.1. The zero-order valence-electron chi connectivity index (χ0n) is 23.4. The molecule has 0 saturated heterocycles. The Morgan fingerprint density at radius 1 is 1.00 bits per heavy atom. The van der Waals surface area contributed by atoms with Gasteiger partial charge >= 0.3 is 0 Å². The maximum atomic E-state index is 13.7. The SMILES string of the molecule is C=CCc1cc(C=Nn2c(-c3cc4ccccc4o3)nc3ccccc3c2=O)cc(OC)c1OCc1cccc(C)c1. The Balaban J connectivity index is 1.42. The van der Waals surface area contributed by atoms with Crippen LogP contribution >= 0.6 is 0 Å². The Labute approximate surface area is 243 Å². The minimum atomic E-state index is -0.302. The van der Waals surface area contributed by atoms with Crippen molar-refractivity contribution in [1.29, 1.82) is 0 Å². The molecular weight excluding hydrogens is 526 g/mol. The van der Waals surface area contributed by atoms with Crippen LogP contribution in [0.4, 0.5) is 0 Å². The summed E-state index contributed by atoms with van der Waals surface area (Å²) in [7, 11) is 1.60. The van der Waals surface area contributed by atoms with E-state index in [1.54, 1.807) is 25.5 Å². The van der Waals surface area contributed by atoms with Gasteiger partial charge in [-0.15, -0.1) is 6.58 Å². The highest BCUT2D eigenvalue weighted by Gasteiger charge is 2.17. The van der Waals surface area contributed by atoms with E-state index in [2.05, 4.69) is 30.7 Å². The molecule has 6 aromatic rings. The fourth-order valence-electron chi connectivity index (χ4n) is 4.94. The molecule has 0 saturated carbocycles. The van der Waals surface area contributed by atoms with Gasteiger partial charge in [0.2, 0.25) is 5.82 Å². The Hall–Kier alpha value is -5.43. The number of hydrogen-bond donors (Lipinski definition) is 0. The van der Waals surface area contributed by atoms with Gasteiger partial charge in [-0.1, -0.05) is 66.2 Å². The van der Waals surface area contributed by atoms with E-state index in [1.807, 2.05) is 72.8 Å². The van der Waals surface area contributed by atoms with Gasteiger partial charge in [0.05, 0.1) is 24.2 Å². The Morgan fingerprint density at radius 2 is 1.83 bits per heavy atom. The van der Waals surface area contributed by atoms with Crippen molar-refractivity contribution in [3.63, 3.8) is 0 Å². The van der Waals surface area contributed by atoms with E-state index in [4.69, 9.17) is 18.9 Å². The molecule has 0 unspecified atom stereocenters. The molecule has 4 aromatic carbocycles. The smallest absolute Gasteiger partial charge is 0.282 e. The third-order valence-corrected chi connectivity index (χ3v) is 6.93. The predicted octanol–water partition coefficient (Wildman–Crippen LogP) is 7.32. The molecule has 0 aliphatic carbocycles. The van der Waals surface area contributed by atoms with E-state index in [0.717, 1.165) is 22.1 Å². The first-order valence-corrected chi connectivity index (χ1v) is 13.6. The Bertz CT molecular complexity index is 1990. The molecule has 2 aromatic heterocycles. The van der Waals surface area contributed by atoms with Gasteiger partial charge in [0, 0.05) is 10.9 Å². The van der Waals surface area contributed by atoms with Gasteiger partial charge in [-0.05, 0) is 60.9 Å². The number of methoxy groups -OCH3 is 1. The van der Waals surface area contributed by atoms with Crippen molar-refractivity contribution in [1.82, 2.24) is 9.66 Å². The van der Waals surface area contributed by atoms with Crippen LogP contribution in [-0.4, -0.2) is 23.0 Å². The fourth-order valence-corrected chi connectivity index (χ4v) is 4.94. The quantitative estimate of drug-likeness (QED) is 0.138. The van der Waals surface area contributed by atoms with Crippen LogP contribution in [0.25, 0.3) is 33.5 Å². The van der Waals surface area contributed by atoms with Crippen LogP contribution in [0.1, 0.15) is 22.3 Å².